The highest BCUT2D eigenvalue weighted by Crippen LogP contribution is 2.13. The first-order chi connectivity index (χ1) is 11.7. The van der Waals surface area contributed by atoms with Crippen LogP contribution in [0.3, 0.4) is 0 Å². The van der Waals surface area contributed by atoms with Crippen LogP contribution in [0.2, 0.25) is 0 Å². The van der Waals surface area contributed by atoms with Crippen LogP contribution in [-0.2, 0) is 16.0 Å². The molecular weight excluding hydrogens is 322 g/mol. The van der Waals surface area contributed by atoms with Gasteiger partial charge in [0.05, 0.1) is 5.41 Å². The number of nitrogens with one attached hydrogen (secondary N) is 3. The van der Waals surface area contributed by atoms with Gasteiger partial charge in [0.2, 0.25) is 5.91 Å². The smallest absolute Gasteiger partial charge is 0.315 e. The Hall–Kier alpha value is -2.57. The fourth-order valence-electron chi connectivity index (χ4n) is 2.38. The van der Waals surface area contributed by atoms with E-state index < -0.39 is 17.4 Å². The number of aliphatic carboxylic acids is 1. The van der Waals surface area contributed by atoms with Gasteiger partial charge in [-0.05, 0) is 32.3 Å². The molecule has 0 aliphatic carbocycles. The molecule has 1 rings (SSSR count). The summed E-state index contributed by atoms with van der Waals surface area (Å²) in [7, 11) is 1.55. The molecule has 7 nitrogen and oxygen atoms in total. The summed E-state index contributed by atoms with van der Waals surface area (Å²) in [6, 6.07) is 8.84. The molecule has 0 radical (unpaired) electrons. The molecule has 1 aromatic carbocycles. The quantitative estimate of drug-likeness (QED) is 0.542. The highest BCUT2D eigenvalue weighted by molar-refractivity contribution is 5.83. The summed E-state index contributed by atoms with van der Waals surface area (Å²) in [5.74, 6) is -1.07. The number of carboxylic acid groups (broad SMARTS) is 1. The summed E-state index contributed by atoms with van der Waals surface area (Å²) in [4.78, 5) is 34.7. The fourth-order valence-corrected chi connectivity index (χ4v) is 2.38. The van der Waals surface area contributed by atoms with Crippen LogP contribution in [0.4, 0.5) is 4.79 Å². The average molecular weight is 349 g/mol. The molecule has 1 unspecified atom stereocenters. The zero-order chi connectivity index (χ0) is 18.9. The topological polar surface area (TPSA) is 108 Å². The fraction of sp³-hybridized carbons (Fsp3) is 0.500. The number of carbonyl (C=O) groups excluding carboxylic acids is 2. The summed E-state index contributed by atoms with van der Waals surface area (Å²) in [6.45, 7) is 3.64. The first kappa shape index (κ1) is 20.5. The molecule has 0 heterocycles. The molecular formula is C18H27N3O4. The SMILES string of the molecule is CNC(=O)C(C)(C)CNC(=O)NC(CCC(=O)O)Cc1ccccc1. The van der Waals surface area contributed by atoms with Crippen molar-refractivity contribution in [1.82, 2.24) is 16.0 Å². The summed E-state index contributed by atoms with van der Waals surface area (Å²) < 4.78 is 0. The van der Waals surface area contributed by atoms with E-state index in [0.29, 0.717) is 12.8 Å². The van der Waals surface area contributed by atoms with E-state index in [1.807, 2.05) is 30.3 Å². The van der Waals surface area contributed by atoms with Gasteiger partial charge in [0.15, 0.2) is 0 Å². The molecule has 0 saturated carbocycles. The molecule has 0 bridgehead atoms. The van der Waals surface area contributed by atoms with Crippen LogP contribution in [0.15, 0.2) is 30.3 Å². The maximum atomic E-state index is 12.1. The molecule has 7 heteroatoms. The summed E-state index contributed by atoms with van der Waals surface area (Å²) in [5, 5.41) is 16.9. The predicted molar refractivity (Wildman–Crippen MR) is 95.2 cm³/mol. The predicted octanol–water partition coefficient (Wildman–Crippen LogP) is 1.53. The Bertz CT molecular complexity index is 587. The first-order valence-corrected chi connectivity index (χ1v) is 8.27. The molecule has 0 saturated heterocycles. The van der Waals surface area contributed by atoms with Crippen molar-refractivity contribution in [2.75, 3.05) is 13.6 Å². The Morgan fingerprint density at radius 3 is 2.36 bits per heavy atom. The second-order valence-corrected chi connectivity index (χ2v) is 6.61. The molecule has 0 spiro atoms. The van der Waals surface area contributed by atoms with Crippen LogP contribution in [-0.4, -0.2) is 42.6 Å². The molecule has 4 N–H and O–H groups in total. The van der Waals surface area contributed by atoms with E-state index in [1.54, 1.807) is 20.9 Å². The van der Waals surface area contributed by atoms with E-state index in [2.05, 4.69) is 16.0 Å². The molecule has 25 heavy (non-hydrogen) atoms. The number of hydrogen-bond donors (Lipinski definition) is 4. The number of rotatable bonds is 9. The van der Waals surface area contributed by atoms with Crippen molar-refractivity contribution in [3.8, 4) is 0 Å². The Morgan fingerprint density at radius 2 is 1.80 bits per heavy atom. The minimum atomic E-state index is -0.902. The van der Waals surface area contributed by atoms with Gasteiger partial charge in [-0.3, -0.25) is 9.59 Å². The van der Waals surface area contributed by atoms with E-state index in [1.165, 1.54) is 0 Å². The normalized spacial score (nSPS) is 12.1. The maximum absolute atomic E-state index is 12.1. The second-order valence-electron chi connectivity index (χ2n) is 6.61. The lowest BCUT2D eigenvalue weighted by Gasteiger charge is -2.24. The number of carbonyl (C=O) groups is 3. The lowest BCUT2D eigenvalue weighted by atomic mass is 9.92. The van der Waals surface area contributed by atoms with Gasteiger partial charge in [0.25, 0.3) is 0 Å². The highest BCUT2D eigenvalue weighted by Gasteiger charge is 2.27. The minimum absolute atomic E-state index is 0.0263. The van der Waals surface area contributed by atoms with Crippen LogP contribution in [0, 0.1) is 5.41 Å². The van der Waals surface area contributed by atoms with Crippen molar-refractivity contribution in [3.05, 3.63) is 35.9 Å². The van der Waals surface area contributed by atoms with Gasteiger partial charge in [0.1, 0.15) is 0 Å². The molecule has 1 atom stereocenters. The monoisotopic (exact) mass is 349 g/mol. The number of benzene rings is 1. The van der Waals surface area contributed by atoms with Crippen molar-refractivity contribution < 1.29 is 19.5 Å². The number of urea groups is 1. The third kappa shape index (κ3) is 7.69. The van der Waals surface area contributed by atoms with Crippen molar-refractivity contribution in [2.45, 2.75) is 39.2 Å². The van der Waals surface area contributed by atoms with Crippen molar-refractivity contribution in [2.24, 2.45) is 5.41 Å². The van der Waals surface area contributed by atoms with E-state index in [4.69, 9.17) is 5.11 Å². The lowest BCUT2D eigenvalue weighted by Crippen LogP contribution is -2.49. The van der Waals surface area contributed by atoms with Gasteiger partial charge < -0.3 is 21.1 Å². The third-order valence-corrected chi connectivity index (χ3v) is 3.90. The Balaban J connectivity index is 2.61. The van der Waals surface area contributed by atoms with Crippen LogP contribution in [0.5, 0.6) is 0 Å². The summed E-state index contributed by atoms with van der Waals surface area (Å²) in [6.07, 6.45) is 0.846. The summed E-state index contributed by atoms with van der Waals surface area (Å²) >= 11 is 0. The minimum Gasteiger partial charge on any atom is -0.481 e. The first-order valence-electron chi connectivity index (χ1n) is 8.27. The van der Waals surface area contributed by atoms with E-state index in [-0.39, 0.29) is 24.9 Å². The number of hydrogen-bond acceptors (Lipinski definition) is 3. The highest BCUT2D eigenvalue weighted by atomic mass is 16.4. The number of carboxylic acids is 1. The van der Waals surface area contributed by atoms with Gasteiger partial charge in [0, 0.05) is 26.1 Å². The van der Waals surface area contributed by atoms with Crippen LogP contribution in [0.1, 0.15) is 32.3 Å². The Labute approximate surface area is 148 Å². The largest absolute Gasteiger partial charge is 0.481 e. The van der Waals surface area contributed by atoms with E-state index in [0.717, 1.165) is 5.56 Å². The Kier molecular flexibility index (Phi) is 7.91. The van der Waals surface area contributed by atoms with Gasteiger partial charge in [-0.1, -0.05) is 30.3 Å². The molecule has 0 aliphatic rings. The molecule has 138 valence electrons. The molecule has 0 fully saturated rings. The summed E-state index contributed by atoms with van der Waals surface area (Å²) in [5.41, 5.74) is 0.283. The van der Waals surface area contributed by atoms with Crippen molar-refractivity contribution in [3.63, 3.8) is 0 Å². The average Bonchev–Trinajstić information content (AvgIpc) is 2.58. The van der Waals surface area contributed by atoms with Gasteiger partial charge in [-0.25, -0.2) is 4.79 Å². The van der Waals surface area contributed by atoms with Gasteiger partial charge in [-0.15, -0.1) is 0 Å². The standard InChI is InChI=1S/C18H27N3O4/c1-18(2,16(24)19-3)12-20-17(25)21-14(9-10-15(22)23)11-13-7-5-4-6-8-13/h4-8,14H,9-12H2,1-3H3,(H,19,24)(H,22,23)(H2,20,21,25). The van der Waals surface area contributed by atoms with Crippen LogP contribution < -0.4 is 16.0 Å². The maximum Gasteiger partial charge on any atom is 0.315 e. The Morgan fingerprint density at radius 1 is 1.16 bits per heavy atom. The van der Waals surface area contributed by atoms with E-state index in [9.17, 15) is 14.4 Å². The van der Waals surface area contributed by atoms with E-state index >= 15 is 0 Å². The molecule has 1 aromatic rings. The second kappa shape index (κ2) is 9.66. The molecule has 0 aromatic heterocycles. The molecule has 3 amide bonds. The van der Waals surface area contributed by atoms with Crippen LogP contribution in [0.25, 0.3) is 0 Å². The van der Waals surface area contributed by atoms with Gasteiger partial charge >= 0.3 is 12.0 Å². The molecule has 0 aliphatic heterocycles. The number of amides is 3. The van der Waals surface area contributed by atoms with Crippen molar-refractivity contribution >= 4 is 17.9 Å². The zero-order valence-corrected chi connectivity index (χ0v) is 15.0. The third-order valence-electron chi connectivity index (χ3n) is 3.90. The van der Waals surface area contributed by atoms with Crippen LogP contribution >= 0.6 is 0 Å². The van der Waals surface area contributed by atoms with Gasteiger partial charge in [-0.2, -0.15) is 0 Å². The van der Waals surface area contributed by atoms with Crippen molar-refractivity contribution in [1.29, 1.82) is 0 Å². The lowest BCUT2D eigenvalue weighted by molar-refractivity contribution is -0.137. The zero-order valence-electron chi connectivity index (χ0n) is 15.0.